The van der Waals surface area contributed by atoms with Crippen molar-refractivity contribution in [3.63, 3.8) is 0 Å². The molecule has 0 saturated carbocycles. The maximum atomic E-state index is 11.2. The summed E-state index contributed by atoms with van der Waals surface area (Å²) in [4.78, 5) is 18.7. The second-order valence-electron chi connectivity index (χ2n) is 5.05. The van der Waals surface area contributed by atoms with Gasteiger partial charge in [0.2, 0.25) is 0 Å². The number of ether oxygens (including phenoxy) is 1. The molecule has 0 bridgehead atoms. The molecule has 1 fully saturated rings. The lowest BCUT2D eigenvalue weighted by atomic mass is 9.87. The Labute approximate surface area is 109 Å². The number of hydrogen-bond donors (Lipinski definition) is 2. The number of rotatable bonds is 3. The predicted molar refractivity (Wildman–Crippen MR) is 71.1 cm³/mol. The van der Waals surface area contributed by atoms with E-state index in [-0.39, 0.29) is 5.69 Å². The lowest BCUT2D eigenvalue weighted by molar-refractivity contribution is -0.0716. The summed E-state index contributed by atoms with van der Waals surface area (Å²) < 4.78 is 5.14. The van der Waals surface area contributed by atoms with E-state index >= 15 is 0 Å². The van der Waals surface area contributed by atoms with E-state index in [1.54, 1.807) is 0 Å². The molecule has 0 radical (unpaired) electrons. The summed E-state index contributed by atoms with van der Waals surface area (Å²) >= 11 is 0. The number of aromatic nitrogens is 2. The molecule has 1 aromatic carbocycles. The Morgan fingerprint density at radius 2 is 2.16 bits per heavy atom. The number of imidazole rings is 1. The molecule has 19 heavy (non-hydrogen) atoms. The van der Waals surface area contributed by atoms with Crippen LogP contribution in [0.25, 0.3) is 11.0 Å². The molecule has 1 aliphatic heterocycles. The van der Waals surface area contributed by atoms with Crippen molar-refractivity contribution in [3.05, 3.63) is 28.7 Å². The summed E-state index contributed by atoms with van der Waals surface area (Å²) in [5.41, 5.74) is 1.89. The van der Waals surface area contributed by atoms with Crippen molar-refractivity contribution in [2.24, 2.45) is 5.41 Å². The molecule has 6 heteroatoms. The number of nitrogens with one attached hydrogen (secondary N) is 2. The van der Waals surface area contributed by atoms with Crippen LogP contribution in [-0.4, -0.2) is 36.8 Å². The SMILES string of the molecule is CN(CC1(C#N)COC1)c1ccc2[nH]c(=O)[nH]c2c1. The highest BCUT2D eigenvalue weighted by molar-refractivity contribution is 5.79. The first-order valence-corrected chi connectivity index (χ1v) is 6.04. The van der Waals surface area contributed by atoms with Crippen molar-refractivity contribution in [2.45, 2.75) is 0 Å². The largest absolute Gasteiger partial charge is 0.378 e. The first-order valence-electron chi connectivity index (χ1n) is 6.04. The van der Waals surface area contributed by atoms with Crippen molar-refractivity contribution in [1.29, 1.82) is 5.26 Å². The number of nitriles is 1. The van der Waals surface area contributed by atoms with E-state index < -0.39 is 5.41 Å². The smallest absolute Gasteiger partial charge is 0.323 e. The molecule has 1 saturated heterocycles. The Balaban J connectivity index is 1.87. The minimum absolute atomic E-state index is 0.212. The van der Waals surface area contributed by atoms with E-state index in [9.17, 15) is 10.1 Å². The summed E-state index contributed by atoms with van der Waals surface area (Å²) in [6, 6.07) is 8.01. The van der Waals surface area contributed by atoms with Crippen LogP contribution in [0.5, 0.6) is 0 Å². The average molecular weight is 258 g/mol. The van der Waals surface area contributed by atoms with Gasteiger partial charge in [0.25, 0.3) is 0 Å². The van der Waals surface area contributed by atoms with Crippen molar-refractivity contribution in [1.82, 2.24) is 9.97 Å². The van der Waals surface area contributed by atoms with Gasteiger partial charge in [0.1, 0.15) is 5.41 Å². The molecule has 6 nitrogen and oxygen atoms in total. The Kier molecular flexibility index (Phi) is 2.57. The fourth-order valence-corrected chi connectivity index (χ4v) is 2.34. The van der Waals surface area contributed by atoms with Crippen LogP contribution >= 0.6 is 0 Å². The summed E-state index contributed by atoms with van der Waals surface area (Å²) in [5, 5.41) is 9.20. The van der Waals surface area contributed by atoms with E-state index in [4.69, 9.17) is 4.74 Å². The van der Waals surface area contributed by atoms with Gasteiger partial charge in [0, 0.05) is 19.3 Å². The molecule has 98 valence electrons. The number of nitrogens with zero attached hydrogens (tertiary/aromatic N) is 2. The third kappa shape index (κ3) is 1.98. The van der Waals surface area contributed by atoms with Crippen LogP contribution in [0.2, 0.25) is 0 Å². The number of benzene rings is 1. The summed E-state index contributed by atoms with van der Waals surface area (Å²) in [6.07, 6.45) is 0. The van der Waals surface area contributed by atoms with Gasteiger partial charge in [-0.3, -0.25) is 0 Å². The van der Waals surface area contributed by atoms with Gasteiger partial charge in [-0.05, 0) is 18.2 Å². The lowest BCUT2D eigenvalue weighted by Crippen LogP contribution is -2.49. The van der Waals surface area contributed by atoms with Crippen molar-refractivity contribution in [3.8, 4) is 6.07 Å². The number of fused-ring (bicyclic) bond motifs is 1. The Morgan fingerprint density at radius 1 is 1.42 bits per heavy atom. The second-order valence-corrected chi connectivity index (χ2v) is 5.05. The highest BCUT2D eigenvalue weighted by Crippen LogP contribution is 2.29. The van der Waals surface area contributed by atoms with E-state index in [1.807, 2.05) is 30.1 Å². The lowest BCUT2D eigenvalue weighted by Gasteiger charge is -2.38. The topological polar surface area (TPSA) is 84.9 Å². The zero-order valence-electron chi connectivity index (χ0n) is 10.6. The Bertz CT molecular complexity index is 705. The van der Waals surface area contributed by atoms with Crippen molar-refractivity contribution >= 4 is 16.7 Å². The first-order chi connectivity index (χ1) is 9.12. The molecule has 3 rings (SSSR count). The quantitative estimate of drug-likeness (QED) is 0.854. The molecule has 0 unspecified atom stereocenters. The van der Waals surface area contributed by atoms with Gasteiger partial charge >= 0.3 is 5.69 Å². The van der Waals surface area contributed by atoms with Gasteiger partial charge in [-0.15, -0.1) is 0 Å². The van der Waals surface area contributed by atoms with Gasteiger partial charge in [-0.25, -0.2) is 4.79 Å². The van der Waals surface area contributed by atoms with Crippen LogP contribution in [0, 0.1) is 16.7 Å². The molecule has 0 aliphatic carbocycles. The predicted octanol–water partition coefficient (Wildman–Crippen LogP) is 0.833. The van der Waals surface area contributed by atoms with Gasteiger partial charge in [-0.2, -0.15) is 5.26 Å². The van der Waals surface area contributed by atoms with Gasteiger partial charge in [-0.1, -0.05) is 0 Å². The highest BCUT2D eigenvalue weighted by Gasteiger charge is 2.40. The van der Waals surface area contributed by atoms with Crippen LogP contribution in [0.1, 0.15) is 0 Å². The molecule has 0 atom stereocenters. The van der Waals surface area contributed by atoms with Crippen LogP contribution in [0.15, 0.2) is 23.0 Å². The zero-order valence-corrected chi connectivity index (χ0v) is 10.6. The number of aromatic amines is 2. The first kappa shape index (κ1) is 11.8. The third-order valence-electron chi connectivity index (χ3n) is 3.47. The van der Waals surface area contributed by atoms with Gasteiger partial charge in [0.05, 0.1) is 30.3 Å². The second kappa shape index (κ2) is 4.14. The third-order valence-corrected chi connectivity index (χ3v) is 3.47. The molecular formula is C13H14N4O2. The van der Waals surface area contributed by atoms with Crippen LogP contribution in [0.3, 0.4) is 0 Å². The summed E-state index contributed by atoms with van der Waals surface area (Å²) in [7, 11) is 1.93. The van der Waals surface area contributed by atoms with Gasteiger partial charge in [0.15, 0.2) is 0 Å². The fourth-order valence-electron chi connectivity index (χ4n) is 2.34. The highest BCUT2D eigenvalue weighted by atomic mass is 16.5. The fraction of sp³-hybridized carbons (Fsp3) is 0.385. The van der Waals surface area contributed by atoms with Gasteiger partial charge < -0.3 is 19.6 Å². The molecular weight excluding hydrogens is 244 g/mol. The van der Waals surface area contributed by atoms with E-state index in [0.717, 1.165) is 16.7 Å². The Morgan fingerprint density at radius 3 is 2.79 bits per heavy atom. The molecule has 2 aromatic rings. The van der Waals surface area contributed by atoms with E-state index in [1.165, 1.54) is 0 Å². The standard InChI is InChI=1S/C13H14N4O2/c1-17(6-13(5-14)7-19-8-13)9-2-3-10-11(4-9)16-12(18)15-10/h2-4H,6-8H2,1H3,(H2,15,16,18). The molecule has 1 aliphatic rings. The number of anilines is 1. The molecule has 2 N–H and O–H groups in total. The molecule has 0 amide bonds. The molecule has 2 heterocycles. The minimum Gasteiger partial charge on any atom is -0.378 e. The maximum absolute atomic E-state index is 11.2. The van der Waals surface area contributed by atoms with E-state index in [2.05, 4.69) is 16.0 Å². The monoisotopic (exact) mass is 258 g/mol. The van der Waals surface area contributed by atoms with E-state index in [0.29, 0.717) is 19.8 Å². The van der Waals surface area contributed by atoms with Crippen LogP contribution in [-0.2, 0) is 4.74 Å². The van der Waals surface area contributed by atoms with Crippen LogP contribution < -0.4 is 10.6 Å². The van der Waals surface area contributed by atoms with Crippen molar-refractivity contribution in [2.75, 3.05) is 31.7 Å². The Hall–Kier alpha value is -2.26. The van der Waals surface area contributed by atoms with Crippen molar-refractivity contribution < 1.29 is 4.74 Å². The molecule has 0 spiro atoms. The average Bonchev–Trinajstić information content (AvgIpc) is 2.72. The number of hydrogen-bond acceptors (Lipinski definition) is 4. The maximum Gasteiger partial charge on any atom is 0.323 e. The van der Waals surface area contributed by atoms with Crippen LogP contribution in [0.4, 0.5) is 5.69 Å². The summed E-state index contributed by atoms with van der Waals surface area (Å²) in [5.74, 6) is 0. The number of H-pyrrole nitrogens is 2. The zero-order chi connectivity index (χ0) is 13.5. The normalized spacial score (nSPS) is 16.8. The summed E-state index contributed by atoms with van der Waals surface area (Å²) in [6.45, 7) is 1.58. The minimum atomic E-state index is -0.407. The molecule has 1 aromatic heterocycles.